The number of rotatable bonds is 9. The number of carboxylic acids is 1. The number of hydrogen-bond donors (Lipinski definition) is 3. The normalized spacial score (nSPS) is 24.5. The minimum Gasteiger partial charge on any atom is -0.493 e. The minimum absolute atomic E-state index is 0.0890. The Hall–Kier alpha value is -2.58. The fourth-order valence-electron chi connectivity index (χ4n) is 5.42. The molecule has 1 saturated carbocycles. The molecule has 0 atom stereocenters. The number of benzene rings is 1. The van der Waals surface area contributed by atoms with Gasteiger partial charge in [-0.05, 0) is 63.2 Å². The van der Waals surface area contributed by atoms with Crippen LogP contribution in [0.5, 0.6) is 11.5 Å². The number of aromatic nitrogens is 1. The van der Waals surface area contributed by atoms with Crippen LogP contribution in [0.15, 0.2) is 12.1 Å². The molecule has 1 aromatic heterocycles. The third-order valence-electron chi connectivity index (χ3n) is 7.29. The van der Waals surface area contributed by atoms with Crippen molar-refractivity contribution in [3.8, 4) is 11.5 Å². The number of methoxy groups -OCH3 is 1. The van der Waals surface area contributed by atoms with E-state index in [2.05, 4.69) is 10.2 Å². The number of aliphatic hydroxyl groups is 1. The number of hydrogen-bond acceptors (Lipinski definition) is 7. The average molecular weight is 456 g/mol. The standard InChI is InChI=1S/C25H33N3O5/c1-32-21-12-18-20(13-22(21)33-11-5-10-28-8-2-3-9-28)27-19-7-4-6-17(19)23(18)26-16-14-25(31,15-16)24(29)30/h12-13,16,31H,2-11,14-15H2,1H3,(H,26,27)(H,29,30). The first kappa shape index (κ1) is 22.2. The van der Waals surface area contributed by atoms with Crippen LogP contribution in [0.4, 0.5) is 5.69 Å². The maximum Gasteiger partial charge on any atom is 0.335 e. The van der Waals surface area contributed by atoms with Gasteiger partial charge in [0.05, 0.1) is 19.2 Å². The molecular formula is C25H33N3O5. The van der Waals surface area contributed by atoms with E-state index < -0.39 is 11.6 Å². The van der Waals surface area contributed by atoms with E-state index in [0.717, 1.165) is 54.5 Å². The van der Waals surface area contributed by atoms with Crippen molar-refractivity contribution in [3.63, 3.8) is 0 Å². The van der Waals surface area contributed by atoms with E-state index in [9.17, 15) is 15.0 Å². The zero-order valence-electron chi connectivity index (χ0n) is 19.2. The number of carbonyl (C=O) groups is 1. The predicted molar refractivity (Wildman–Crippen MR) is 125 cm³/mol. The molecule has 5 rings (SSSR count). The Morgan fingerprint density at radius 1 is 1.21 bits per heavy atom. The number of nitrogens with one attached hydrogen (secondary N) is 1. The van der Waals surface area contributed by atoms with E-state index in [1.54, 1.807) is 7.11 Å². The van der Waals surface area contributed by atoms with Crippen molar-refractivity contribution in [3.05, 3.63) is 23.4 Å². The largest absolute Gasteiger partial charge is 0.493 e. The molecule has 2 heterocycles. The molecule has 3 aliphatic rings. The Kier molecular flexibility index (Phi) is 6.05. The molecule has 0 spiro atoms. The number of likely N-dealkylation sites (tertiary alicyclic amines) is 1. The van der Waals surface area contributed by atoms with E-state index >= 15 is 0 Å². The number of ether oxygens (including phenoxy) is 2. The van der Waals surface area contributed by atoms with Gasteiger partial charge in [-0.15, -0.1) is 0 Å². The van der Waals surface area contributed by atoms with Gasteiger partial charge < -0.3 is 29.9 Å². The van der Waals surface area contributed by atoms with E-state index in [-0.39, 0.29) is 18.9 Å². The molecule has 8 heteroatoms. The molecule has 0 bridgehead atoms. The van der Waals surface area contributed by atoms with Gasteiger partial charge in [-0.2, -0.15) is 0 Å². The highest BCUT2D eigenvalue weighted by atomic mass is 16.5. The van der Waals surface area contributed by atoms with Gasteiger partial charge in [-0.3, -0.25) is 4.98 Å². The van der Waals surface area contributed by atoms with Crippen LogP contribution in [0.3, 0.4) is 0 Å². The monoisotopic (exact) mass is 455 g/mol. The fraction of sp³-hybridized carbons (Fsp3) is 0.600. The van der Waals surface area contributed by atoms with Crippen LogP contribution in [0.2, 0.25) is 0 Å². The Labute approximate surface area is 193 Å². The van der Waals surface area contributed by atoms with Gasteiger partial charge in [-0.1, -0.05) is 0 Å². The Morgan fingerprint density at radius 3 is 2.73 bits per heavy atom. The van der Waals surface area contributed by atoms with Gasteiger partial charge in [0.2, 0.25) is 0 Å². The van der Waals surface area contributed by atoms with Crippen molar-refractivity contribution in [2.24, 2.45) is 0 Å². The molecule has 2 aliphatic carbocycles. The summed E-state index contributed by atoms with van der Waals surface area (Å²) in [6.07, 6.45) is 6.86. The first-order valence-corrected chi connectivity index (χ1v) is 12.1. The summed E-state index contributed by atoms with van der Waals surface area (Å²) >= 11 is 0. The van der Waals surface area contributed by atoms with Crippen LogP contribution in [0, 0.1) is 0 Å². The lowest BCUT2D eigenvalue weighted by atomic mass is 9.75. The van der Waals surface area contributed by atoms with E-state index in [1.807, 2.05) is 12.1 Å². The molecule has 2 fully saturated rings. The third kappa shape index (κ3) is 4.34. The highest BCUT2D eigenvalue weighted by Crippen LogP contribution is 2.42. The number of fused-ring (bicyclic) bond motifs is 2. The molecular weight excluding hydrogens is 422 g/mol. The predicted octanol–water partition coefficient (Wildman–Crippen LogP) is 2.99. The van der Waals surface area contributed by atoms with Crippen LogP contribution in [0.1, 0.15) is 49.8 Å². The van der Waals surface area contributed by atoms with E-state index in [4.69, 9.17) is 14.5 Å². The second-order valence-electron chi connectivity index (χ2n) is 9.62. The summed E-state index contributed by atoms with van der Waals surface area (Å²) in [6, 6.07) is 3.84. The zero-order valence-corrected chi connectivity index (χ0v) is 19.2. The second kappa shape index (κ2) is 8.99. The van der Waals surface area contributed by atoms with E-state index in [0.29, 0.717) is 18.1 Å². The highest BCUT2D eigenvalue weighted by Gasteiger charge is 2.49. The smallest absolute Gasteiger partial charge is 0.335 e. The molecule has 0 radical (unpaired) electrons. The van der Waals surface area contributed by atoms with Crippen molar-refractivity contribution < 1.29 is 24.5 Å². The number of aliphatic carboxylic acids is 1. The molecule has 0 amide bonds. The topological polar surface area (TPSA) is 104 Å². The third-order valence-corrected chi connectivity index (χ3v) is 7.29. The van der Waals surface area contributed by atoms with Crippen LogP contribution < -0.4 is 14.8 Å². The van der Waals surface area contributed by atoms with Gasteiger partial charge in [-0.25, -0.2) is 4.79 Å². The summed E-state index contributed by atoms with van der Waals surface area (Å²) in [6.45, 7) is 4.06. The fourth-order valence-corrected chi connectivity index (χ4v) is 5.42. The van der Waals surface area contributed by atoms with Gasteiger partial charge in [0.15, 0.2) is 17.1 Å². The molecule has 1 saturated heterocycles. The quantitative estimate of drug-likeness (QED) is 0.496. The second-order valence-corrected chi connectivity index (χ2v) is 9.62. The van der Waals surface area contributed by atoms with Crippen LogP contribution in [0.25, 0.3) is 10.9 Å². The van der Waals surface area contributed by atoms with Crippen molar-refractivity contribution in [1.82, 2.24) is 9.88 Å². The van der Waals surface area contributed by atoms with Crippen LogP contribution >= 0.6 is 0 Å². The summed E-state index contributed by atoms with van der Waals surface area (Å²) in [4.78, 5) is 18.7. The molecule has 1 aliphatic heterocycles. The van der Waals surface area contributed by atoms with Crippen molar-refractivity contribution in [2.45, 2.75) is 63.0 Å². The average Bonchev–Trinajstić information content (AvgIpc) is 3.46. The summed E-state index contributed by atoms with van der Waals surface area (Å²) in [5, 5.41) is 23.8. The van der Waals surface area contributed by atoms with Crippen LogP contribution in [-0.4, -0.2) is 71.1 Å². The summed E-state index contributed by atoms with van der Waals surface area (Å²) in [5.41, 5.74) is 2.49. The summed E-state index contributed by atoms with van der Waals surface area (Å²) in [5.74, 6) is 0.215. The van der Waals surface area contributed by atoms with Gasteiger partial charge in [0.25, 0.3) is 0 Å². The summed E-state index contributed by atoms with van der Waals surface area (Å²) in [7, 11) is 1.64. The first-order chi connectivity index (χ1) is 16.0. The minimum atomic E-state index is -1.63. The van der Waals surface area contributed by atoms with Gasteiger partial charge in [0, 0.05) is 48.3 Å². The maximum absolute atomic E-state index is 11.3. The van der Waals surface area contributed by atoms with Crippen molar-refractivity contribution in [2.75, 3.05) is 38.7 Å². The highest BCUT2D eigenvalue weighted by molar-refractivity contribution is 5.96. The Morgan fingerprint density at radius 2 is 2.00 bits per heavy atom. The number of anilines is 1. The molecule has 1 aromatic carbocycles. The molecule has 33 heavy (non-hydrogen) atoms. The van der Waals surface area contributed by atoms with Crippen LogP contribution in [-0.2, 0) is 17.6 Å². The van der Waals surface area contributed by atoms with E-state index in [1.165, 1.54) is 31.5 Å². The molecule has 8 nitrogen and oxygen atoms in total. The zero-order chi connectivity index (χ0) is 23.0. The maximum atomic E-state index is 11.3. The number of nitrogens with zero attached hydrogens (tertiary/aromatic N) is 2. The van der Waals surface area contributed by atoms with Crippen molar-refractivity contribution in [1.29, 1.82) is 0 Å². The number of carboxylic acid groups (broad SMARTS) is 1. The van der Waals surface area contributed by atoms with Gasteiger partial charge >= 0.3 is 5.97 Å². The lowest BCUT2D eigenvalue weighted by Gasteiger charge is -2.41. The van der Waals surface area contributed by atoms with Crippen molar-refractivity contribution >= 4 is 22.6 Å². The Bertz CT molecular complexity index is 1040. The number of pyridine rings is 1. The lowest BCUT2D eigenvalue weighted by Crippen LogP contribution is -2.55. The lowest BCUT2D eigenvalue weighted by molar-refractivity contribution is -0.168. The summed E-state index contributed by atoms with van der Waals surface area (Å²) < 4.78 is 11.8. The van der Waals surface area contributed by atoms with Gasteiger partial charge in [0.1, 0.15) is 0 Å². The molecule has 2 aromatic rings. The SMILES string of the molecule is COc1cc2c(NC3CC(O)(C(=O)O)C3)c3c(nc2cc1OCCCN1CCCC1)CCC3. The molecule has 0 unspecified atom stereocenters. The molecule has 3 N–H and O–H groups in total. The Balaban J connectivity index is 1.37. The number of aryl methyl sites for hydroxylation is 1. The molecule has 178 valence electrons. The first-order valence-electron chi connectivity index (χ1n) is 12.1.